The van der Waals surface area contributed by atoms with E-state index in [2.05, 4.69) is 45.2 Å². The second kappa shape index (κ2) is 6.37. The Morgan fingerprint density at radius 2 is 2.00 bits per heavy atom. The third-order valence-electron chi connectivity index (χ3n) is 4.70. The predicted octanol–water partition coefficient (Wildman–Crippen LogP) is 3.82. The maximum atomic E-state index is 9.20. The number of piperidine rings is 1. The molecule has 2 atom stereocenters. The molecule has 0 amide bonds. The fourth-order valence-corrected chi connectivity index (χ4v) is 4.33. The highest BCUT2D eigenvalue weighted by Crippen LogP contribution is 2.33. The average molecular weight is 348 g/mol. The first-order valence-electron chi connectivity index (χ1n) is 7.93. The van der Waals surface area contributed by atoms with Crippen molar-refractivity contribution < 1.29 is 0 Å². The summed E-state index contributed by atoms with van der Waals surface area (Å²) in [4.78, 5) is 2.53. The quantitative estimate of drug-likeness (QED) is 0.899. The van der Waals surface area contributed by atoms with Gasteiger partial charge in [0, 0.05) is 34.8 Å². The fraction of sp³-hybridized carbons (Fsp3) is 0.588. The van der Waals surface area contributed by atoms with Crippen LogP contribution in [0.15, 0.2) is 22.7 Å². The van der Waals surface area contributed by atoms with Crippen molar-refractivity contribution >= 4 is 21.6 Å². The molecule has 2 aliphatic heterocycles. The maximum absolute atomic E-state index is 9.20. The largest absolute Gasteiger partial charge is 0.368 e. The zero-order valence-electron chi connectivity index (χ0n) is 12.5. The number of fused-ring (bicyclic) bond motifs is 2. The number of rotatable bonds is 4. The smallest absolute Gasteiger partial charge is 0.0992 e. The molecular weight excluding hydrogens is 326 g/mol. The molecule has 2 unspecified atom stereocenters. The number of anilines is 1. The van der Waals surface area contributed by atoms with Gasteiger partial charge in [-0.05, 0) is 50.3 Å². The number of hydrogen-bond acceptors (Lipinski definition) is 3. The minimum Gasteiger partial charge on any atom is -0.368 e. The summed E-state index contributed by atoms with van der Waals surface area (Å²) in [7, 11) is 0. The minimum absolute atomic E-state index is 0.601. The van der Waals surface area contributed by atoms with Crippen LogP contribution >= 0.6 is 15.9 Å². The van der Waals surface area contributed by atoms with Crippen LogP contribution in [0.3, 0.4) is 0 Å². The van der Waals surface area contributed by atoms with Crippen LogP contribution in [0.2, 0.25) is 0 Å². The molecule has 21 heavy (non-hydrogen) atoms. The lowest BCUT2D eigenvalue weighted by atomic mass is 9.97. The van der Waals surface area contributed by atoms with Crippen LogP contribution in [0.1, 0.15) is 44.6 Å². The van der Waals surface area contributed by atoms with E-state index in [1.54, 1.807) is 0 Å². The summed E-state index contributed by atoms with van der Waals surface area (Å²) in [6.07, 6.45) is 6.23. The molecule has 2 heterocycles. The maximum Gasteiger partial charge on any atom is 0.0992 e. The zero-order chi connectivity index (χ0) is 14.8. The molecule has 1 N–H and O–H groups in total. The summed E-state index contributed by atoms with van der Waals surface area (Å²) in [5.74, 6) is 0. The van der Waals surface area contributed by atoms with E-state index in [9.17, 15) is 5.26 Å². The summed E-state index contributed by atoms with van der Waals surface area (Å²) < 4.78 is 0.995. The SMILES string of the molecule is CCCN(c1cc(Br)cc(C#N)c1)C1CC2CCC(C1)N2. The van der Waals surface area contributed by atoms with Crippen LogP contribution in [0, 0.1) is 11.3 Å². The van der Waals surface area contributed by atoms with Crippen LogP contribution in [0.4, 0.5) is 5.69 Å². The van der Waals surface area contributed by atoms with E-state index in [0.717, 1.165) is 23.0 Å². The van der Waals surface area contributed by atoms with Gasteiger partial charge in [-0.3, -0.25) is 0 Å². The standard InChI is InChI=1S/C17H22BrN3/c1-2-5-21(16-7-12(11-19)6-13(18)8-16)17-9-14-3-4-15(10-17)20-14/h6-8,14-15,17,20H,2-5,9-10H2,1H3. The Hall–Kier alpha value is -1.05. The summed E-state index contributed by atoms with van der Waals surface area (Å²) in [6.45, 7) is 3.29. The number of nitriles is 1. The first-order valence-corrected chi connectivity index (χ1v) is 8.72. The Morgan fingerprint density at radius 1 is 1.29 bits per heavy atom. The number of nitrogens with one attached hydrogen (secondary N) is 1. The van der Waals surface area contributed by atoms with Gasteiger partial charge in [-0.15, -0.1) is 0 Å². The highest BCUT2D eigenvalue weighted by Gasteiger charge is 2.36. The first kappa shape index (κ1) is 14.9. The molecule has 3 nitrogen and oxygen atoms in total. The van der Waals surface area contributed by atoms with Crippen molar-refractivity contribution in [2.75, 3.05) is 11.4 Å². The summed E-state index contributed by atoms with van der Waals surface area (Å²) in [6, 6.07) is 10.3. The van der Waals surface area contributed by atoms with Crippen molar-refractivity contribution in [2.24, 2.45) is 0 Å². The Kier molecular flexibility index (Phi) is 4.51. The van der Waals surface area contributed by atoms with Gasteiger partial charge < -0.3 is 10.2 Å². The van der Waals surface area contributed by atoms with Crippen LogP contribution < -0.4 is 10.2 Å². The summed E-state index contributed by atoms with van der Waals surface area (Å²) >= 11 is 3.54. The van der Waals surface area contributed by atoms with Gasteiger partial charge in [-0.2, -0.15) is 5.26 Å². The predicted molar refractivity (Wildman–Crippen MR) is 89.5 cm³/mol. The molecule has 2 saturated heterocycles. The van der Waals surface area contributed by atoms with Gasteiger partial charge in [0.15, 0.2) is 0 Å². The molecule has 2 fully saturated rings. The molecular formula is C17H22BrN3. The normalized spacial score (nSPS) is 27.4. The zero-order valence-corrected chi connectivity index (χ0v) is 14.1. The van der Waals surface area contributed by atoms with E-state index < -0.39 is 0 Å². The van der Waals surface area contributed by atoms with Gasteiger partial charge in [-0.25, -0.2) is 0 Å². The van der Waals surface area contributed by atoms with E-state index >= 15 is 0 Å². The van der Waals surface area contributed by atoms with Crippen LogP contribution in [0.5, 0.6) is 0 Å². The van der Waals surface area contributed by atoms with E-state index in [-0.39, 0.29) is 0 Å². The summed E-state index contributed by atoms with van der Waals surface area (Å²) in [5.41, 5.74) is 1.92. The van der Waals surface area contributed by atoms with Crippen molar-refractivity contribution in [3.05, 3.63) is 28.2 Å². The van der Waals surface area contributed by atoms with E-state index in [1.807, 2.05) is 12.1 Å². The third kappa shape index (κ3) is 3.25. The van der Waals surface area contributed by atoms with Gasteiger partial charge in [0.05, 0.1) is 11.6 Å². The molecule has 0 saturated carbocycles. The number of nitrogens with zero attached hydrogens (tertiary/aromatic N) is 2. The first-order chi connectivity index (χ1) is 10.2. The van der Waals surface area contributed by atoms with Crippen molar-refractivity contribution in [2.45, 2.75) is 57.2 Å². The second-order valence-corrected chi connectivity index (χ2v) is 7.18. The molecule has 3 rings (SSSR count). The molecule has 0 aromatic heterocycles. The molecule has 2 aliphatic rings. The lowest BCUT2D eigenvalue weighted by Gasteiger charge is -2.39. The molecule has 0 radical (unpaired) electrons. The van der Waals surface area contributed by atoms with Crippen molar-refractivity contribution in [1.82, 2.24) is 5.32 Å². The summed E-state index contributed by atoms with van der Waals surface area (Å²) in [5, 5.41) is 12.9. The van der Waals surface area contributed by atoms with Gasteiger partial charge in [0.1, 0.15) is 0 Å². The van der Waals surface area contributed by atoms with Crippen molar-refractivity contribution in [1.29, 1.82) is 5.26 Å². The van der Waals surface area contributed by atoms with Crippen molar-refractivity contribution in [3.8, 4) is 6.07 Å². The van der Waals surface area contributed by atoms with Crippen molar-refractivity contribution in [3.63, 3.8) is 0 Å². The van der Waals surface area contributed by atoms with Crippen LogP contribution in [0.25, 0.3) is 0 Å². The Morgan fingerprint density at radius 3 is 2.62 bits per heavy atom. The van der Waals surface area contributed by atoms with Gasteiger partial charge in [-0.1, -0.05) is 22.9 Å². The monoisotopic (exact) mass is 347 g/mol. The lowest BCUT2D eigenvalue weighted by Crippen LogP contribution is -2.48. The third-order valence-corrected chi connectivity index (χ3v) is 5.15. The molecule has 2 bridgehead atoms. The molecule has 0 spiro atoms. The second-order valence-electron chi connectivity index (χ2n) is 6.27. The Labute approximate surface area is 135 Å². The number of halogens is 1. The molecule has 0 aliphatic carbocycles. The molecule has 1 aromatic rings. The Bertz CT molecular complexity index is 539. The number of hydrogen-bond donors (Lipinski definition) is 1. The highest BCUT2D eigenvalue weighted by molar-refractivity contribution is 9.10. The minimum atomic E-state index is 0.601. The van der Waals surface area contributed by atoms with Gasteiger partial charge >= 0.3 is 0 Å². The number of benzene rings is 1. The van der Waals surface area contributed by atoms with E-state index in [1.165, 1.54) is 31.4 Å². The van der Waals surface area contributed by atoms with Gasteiger partial charge in [0.25, 0.3) is 0 Å². The highest BCUT2D eigenvalue weighted by atomic mass is 79.9. The lowest BCUT2D eigenvalue weighted by molar-refractivity contribution is 0.346. The van der Waals surface area contributed by atoms with Crippen LogP contribution in [-0.4, -0.2) is 24.7 Å². The molecule has 1 aromatic carbocycles. The topological polar surface area (TPSA) is 39.1 Å². The average Bonchev–Trinajstić information content (AvgIpc) is 2.82. The van der Waals surface area contributed by atoms with E-state index in [4.69, 9.17) is 0 Å². The Balaban J connectivity index is 1.87. The van der Waals surface area contributed by atoms with E-state index in [0.29, 0.717) is 18.1 Å². The molecule has 112 valence electrons. The van der Waals surface area contributed by atoms with Gasteiger partial charge in [0.2, 0.25) is 0 Å². The fourth-order valence-electron chi connectivity index (χ4n) is 3.85. The van der Waals surface area contributed by atoms with Crippen LogP contribution in [-0.2, 0) is 0 Å². The molecule has 4 heteroatoms.